The number of carboxylic acid groups (broad SMARTS) is 1. The van der Waals surface area contributed by atoms with Crippen LogP contribution in [-0.4, -0.2) is 55.3 Å². The average molecular weight is 562 g/mol. The quantitative estimate of drug-likeness (QED) is 0.343. The summed E-state index contributed by atoms with van der Waals surface area (Å²) in [7, 11) is 2.75. The second-order valence-electron chi connectivity index (χ2n) is 7.56. The molecule has 0 aliphatic rings. The number of aliphatic carboxylic acids is 1. The molecule has 0 unspecified atom stereocenters. The Kier molecular flexibility index (Phi) is 9.53. The first-order chi connectivity index (χ1) is 18.1. The number of carbonyl (C=O) groups is 4. The number of hydrogen-bond acceptors (Lipinski definition) is 8. The Bertz CT molecular complexity index is 1330. The molecule has 198 valence electrons. The molecule has 0 aliphatic heterocycles. The number of anilines is 1. The molecule has 10 nitrogen and oxygen atoms in total. The van der Waals surface area contributed by atoms with Gasteiger partial charge in [-0.25, -0.2) is 14.4 Å². The summed E-state index contributed by atoms with van der Waals surface area (Å²) in [5.74, 6) is -4.46. The van der Waals surface area contributed by atoms with Crippen LogP contribution in [0, 0.1) is 0 Å². The maximum atomic E-state index is 13.3. The molecule has 0 saturated heterocycles. The summed E-state index contributed by atoms with van der Waals surface area (Å²) in [6.45, 7) is 0. The van der Waals surface area contributed by atoms with E-state index < -0.39 is 36.0 Å². The molecule has 0 aliphatic carbocycles. The van der Waals surface area contributed by atoms with Gasteiger partial charge in [-0.3, -0.25) is 4.79 Å². The predicted octanol–water partition coefficient (Wildman–Crippen LogP) is 4.48. The molecule has 3 aromatic rings. The van der Waals surface area contributed by atoms with Crippen LogP contribution >= 0.6 is 23.2 Å². The van der Waals surface area contributed by atoms with Crippen LogP contribution in [0.4, 0.5) is 5.69 Å². The maximum Gasteiger partial charge on any atom is 0.349 e. The van der Waals surface area contributed by atoms with Gasteiger partial charge >= 0.3 is 17.9 Å². The Balaban J connectivity index is 1.96. The summed E-state index contributed by atoms with van der Waals surface area (Å²) in [6.07, 6.45) is -4.35. The minimum absolute atomic E-state index is 0.0284. The van der Waals surface area contributed by atoms with Crippen molar-refractivity contribution in [3.8, 4) is 11.5 Å². The number of methoxy groups -OCH3 is 2. The number of esters is 2. The van der Waals surface area contributed by atoms with Crippen molar-refractivity contribution in [3.63, 3.8) is 0 Å². The number of rotatable bonds is 10. The third-order valence-corrected chi connectivity index (χ3v) is 5.57. The van der Waals surface area contributed by atoms with E-state index in [0.717, 1.165) is 0 Å². The lowest BCUT2D eigenvalue weighted by atomic mass is 10.1. The summed E-state index contributed by atoms with van der Waals surface area (Å²) in [5.41, 5.74) is 0.00943. The summed E-state index contributed by atoms with van der Waals surface area (Å²) in [4.78, 5) is 51.0. The SMILES string of the molecule is COc1ccc(OC)c(NC(=O)[C@@H](OC(=O)c2ccc(Cl)cc2)[C@@H](OC(=O)c2ccc(Cl)cc2)C(=O)O)c1. The molecule has 0 radical (unpaired) electrons. The van der Waals surface area contributed by atoms with E-state index in [4.69, 9.17) is 42.1 Å². The molecule has 0 aromatic heterocycles. The molecule has 3 rings (SSSR count). The fourth-order valence-corrected chi connectivity index (χ4v) is 3.40. The minimum atomic E-state index is -2.23. The third-order valence-electron chi connectivity index (χ3n) is 5.07. The van der Waals surface area contributed by atoms with E-state index in [0.29, 0.717) is 15.8 Å². The van der Waals surface area contributed by atoms with Gasteiger partial charge in [0, 0.05) is 16.1 Å². The number of nitrogens with one attached hydrogen (secondary N) is 1. The zero-order valence-corrected chi connectivity index (χ0v) is 21.5. The van der Waals surface area contributed by atoms with E-state index in [1.54, 1.807) is 6.07 Å². The molecule has 0 saturated carbocycles. The fraction of sp³-hybridized carbons (Fsp3) is 0.154. The molecular weight excluding hydrogens is 541 g/mol. The number of ether oxygens (including phenoxy) is 4. The minimum Gasteiger partial charge on any atom is -0.497 e. The van der Waals surface area contributed by atoms with Gasteiger partial charge in [0.05, 0.1) is 31.0 Å². The molecule has 0 spiro atoms. The zero-order valence-electron chi connectivity index (χ0n) is 20.0. The van der Waals surface area contributed by atoms with Gasteiger partial charge in [-0.05, 0) is 60.7 Å². The molecule has 12 heteroatoms. The van der Waals surface area contributed by atoms with Gasteiger partial charge in [0.2, 0.25) is 12.2 Å². The van der Waals surface area contributed by atoms with Crippen LogP contribution in [0.2, 0.25) is 10.0 Å². The van der Waals surface area contributed by atoms with E-state index >= 15 is 0 Å². The van der Waals surface area contributed by atoms with Gasteiger partial charge < -0.3 is 29.4 Å². The number of hydrogen-bond donors (Lipinski definition) is 2. The summed E-state index contributed by atoms with van der Waals surface area (Å²) in [6, 6.07) is 15.3. The van der Waals surface area contributed by atoms with Crippen molar-refractivity contribution in [2.24, 2.45) is 0 Å². The Morgan fingerprint density at radius 3 is 1.68 bits per heavy atom. The number of amides is 1. The van der Waals surface area contributed by atoms with Crippen LogP contribution in [0.1, 0.15) is 20.7 Å². The molecular formula is C26H21Cl2NO9. The van der Waals surface area contributed by atoms with Crippen molar-refractivity contribution in [1.82, 2.24) is 0 Å². The first-order valence-electron chi connectivity index (χ1n) is 10.8. The van der Waals surface area contributed by atoms with Gasteiger partial charge in [0.15, 0.2) is 0 Å². The van der Waals surface area contributed by atoms with E-state index in [1.165, 1.54) is 74.9 Å². The molecule has 1 amide bonds. The first kappa shape index (κ1) is 28.3. The van der Waals surface area contributed by atoms with Crippen molar-refractivity contribution in [1.29, 1.82) is 0 Å². The summed E-state index contributed by atoms with van der Waals surface area (Å²) in [5, 5.41) is 13.0. The van der Waals surface area contributed by atoms with Crippen molar-refractivity contribution in [3.05, 3.63) is 87.9 Å². The normalized spacial score (nSPS) is 12.0. The van der Waals surface area contributed by atoms with Crippen LogP contribution in [0.15, 0.2) is 66.7 Å². The monoisotopic (exact) mass is 561 g/mol. The smallest absolute Gasteiger partial charge is 0.349 e. The Hall–Kier alpha value is -4.28. The Morgan fingerprint density at radius 2 is 1.24 bits per heavy atom. The molecule has 0 bridgehead atoms. The van der Waals surface area contributed by atoms with Crippen molar-refractivity contribution < 1.29 is 43.2 Å². The highest BCUT2D eigenvalue weighted by Crippen LogP contribution is 2.29. The van der Waals surface area contributed by atoms with Crippen molar-refractivity contribution >= 4 is 52.7 Å². The van der Waals surface area contributed by atoms with Gasteiger partial charge in [0.25, 0.3) is 5.91 Å². The van der Waals surface area contributed by atoms with Crippen LogP contribution in [0.5, 0.6) is 11.5 Å². The van der Waals surface area contributed by atoms with E-state index in [9.17, 15) is 24.3 Å². The number of halogens is 2. The Morgan fingerprint density at radius 1 is 0.737 bits per heavy atom. The standard InChI is InChI=1S/C26H21Cl2NO9/c1-35-18-11-12-20(36-2)19(13-18)29-23(30)21(37-25(33)14-3-7-16(27)8-4-14)22(24(31)32)38-26(34)15-5-9-17(28)10-6-15/h3-13,21-22H,1-2H3,(H,29,30)(H,31,32)/t21-,22+/m0/s1. The zero-order chi connectivity index (χ0) is 27.8. The van der Waals surface area contributed by atoms with Gasteiger partial charge in [0.1, 0.15) is 11.5 Å². The number of carbonyl (C=O) groups excluding carboxylic acids is 3. The second-order valence-corrected chi connectivity index (χ2v) is 8.43. The lowest BCUT2D eigenvalue weighted by Crippen LogP contribution is -2.48. The highest BCUT2D eigenvalue weighted by molar-refractivity contribution is 6.31. The van der Waals surface area contributed by atoms with Gasteiger partial charge in [-0.1, -0.05) is 23.2 Å². The molecule has 0 fully saturated rings. The van der Waals surface area contributed by atoms with Crippen molar-refractivity contribution in [2.45, 2.75) is 12.2 Å². The van der Waals surface area contributed by atoms with Crippen LogP contribution in [-0.2, 0) is 19.1 Å². The lowest BCUT2D eigenvalue weighted by molar-refractivity contribution is -0.157. The highest BCUT2D eigenvalue weighted by Gasteiger charge is 2.41. The summed E-state index contributed by atoms with van der Waals surface area (Å²) >= 11 is 11.7. The largest absolute Gasteiger partial charge is 0.497 e. The highest BCUT2D eigenvalue weighted by atomic mass is 35.5. The maximum absolute atomic E-state index is 13.3. The molecule has 38 heavy (non-hydrogen) atoms. The third kappa shape index (κ3) is 7.15. The van der Waals surface area contributed by atoms with Gasteiger partial charge in [-0.15, -0.1) is 0 Å². The topological polar surface area (TPSA) is 137 Å². The van der Waals surface area contributed by atoms with Crippen LogP contribution < -0.4 is 14.8 Å². The van der Waals surface area contributed by atoms with E-state index in [2.05, 4.69) is 5.32 Å². The van der Waals surface area contributed by atoms with Crippen LogP contribution in [0.3, 0.4) is 0 Å². The fourth-order valence-electron chi connectivity index (χ4n) is 3.15. The molecule has 0 heterocycles. The lowest BCUT2D eigenvalue weighted by Gasteiger charge is -2.24. The predicted molar refractivity (Wildman–Crippen MR) is 137 cm³/mol. The Labute approximate surface area is 227 Å². The van der Waals surface area contributed by atoms with Gasteiger partial charge in [-0.2, -0.15) is 0 Å². The molecule has 3 aromatic carbocycles. The average Bonchev–Trinajstić information content (AvgIpc) is 2.90. The van der Waals surface area contributed by atoms with Crippen molar-refractivity contribution in [2.75, 3.05) is 19.5 Å². The van der Waals surface area contributed by atoms with E-state index in [-0.39, 0.29) is 22.6 Å². The number of benzene rings is 3. The van der Waals surface area contributed by atoms with Crippen LogP contribution in [0.25, 0.3) is 0 Å². The number of carboxylic acids is 1. The second kappa shape index (κ2) is 12.8. The summed E-state index contributed by atoms with van der Waals surface area (Å²) < 4.78 is 20.8. The first-order valence-corrected chi connectivity index (χ1v) is 11.6. The van der Waals surface area contributed by atoms with E-state index in [1.807, 2.05) is 0 Å². The molecule has 2 atom stereocenters. The molecule has 2 N–H and O–H groups in total.